The molecule has 0 N–H and O–H groups in total. The molecule has 1 aromatic carbocycles. The van der Waals surface area contributed by atoms with Crippen molar-refractivity contribution in [3.8, 4) is 22.8 Å². The van der Waals surface area contributed by atoms with Crippen LogP contribution in [0.15, 0.2) is 60.8 Å². The lowest BCUT2D eigenvalue weighted by Gasteiger charge is -2.08. The molecule has 4 rings (SSSR count). The Hall–Kier alpha value is -3.87. The molecule has 0 aliphatic heterocycles. The van der Waals surface area contributed by atoms with Gasteiger partial charge in [-0.05, 0) is 12.1 Å². The van der Waals surface area contributed by atoms with Gasteiger partial charge in [-0.3, -0.25) is 0 Å². The Balaban J connectivity index is 1.87. The predicted octanol–water partition coefficient (Wildman–Crippen LogP) is 3.79. The van der Waals surface area contributed by atoms with Crippen LogP contribution in [0.3, 0.4) is 0 Å². The summed E-state index contributed by atoms with van der Waals surface area (Å²) in [5, 5.41) is 4.79. The van der Waals surface area contributed by atoms with Crippen LogP contribution in [0.5, 0.6) is 11.5 Å². The number of aromatic nitrogens is 3. The van der Waals surface area contributed by atoms with Crippen LogP contribution in [0.25, 0.3) is 16.8 Å². The van der Waals surface area contributed by atoms with E-state index in [-0.39, 0.29) is 5.69 Å². The number of benzene rings is 1. The van der Waals surface area contributed by atoms with Crippen LogP contribution < -0.4 is 9.47 Å². The van der Waals surface area contributed by atoms with E-state index in [0.717, 1.165) is 22.3 Å². The highest BCUT2D eigenvalue weighted by atomic mass is 16.5. The molecule has 3 heterocycles. The highest BCUT2D eigenvalue weighted by Gasteiger charge is 2.18. The molecule has 0 bridgehead atoms. The molecule has 30 heavy (non-hydrogen) atoms. The minimum Gasteiger partial charge on any atom is -0.497 e. The van der Waals surface area contributed by atoms with Gasteiger partial charge in [0, 0.05) is 35.4 Å². The molecule has 0 spiro atoms. The van der Waals surface area contributed by atoms with Gasteiger partial charge in [0.25, 0.3) is 0 Å². The number of methoxy groups -OCH3 is 3. The summed E-state index contributed by atoms with van der Waals surface area (Å²) in [5.74, 6) is 0.742. The second-order valence-corrected chi connectivity index (χ2v) is 6.64. The van der Waals surface area contributed by atoms with Crippen LogP contribution in [-0.2, 0) is 11.2 Å². The first-order chi connectivity index (χ1) is 14.6. The Morgan fingerprint density at radius 2 is 1.73 bits per heavy atom. The number of carbonyl (C=O) groups is 1. The zero-order valence-corrected chi connectivity index (χ0v) is 17.0. The van der Waals surface area contributed by atoms with E-state index in [1.807, 2.05) is 54.7 Å². The quantitative estimate of drug-likeness (QED) is 0.456. The summed E-state index contributed by atoms with van der Waals surface area (Å²) < 4.78 is 17.3. The maximum Gasteiger partial charge on any atom is 0.356 e. The van der Waals surface area contributed by atoms with Crippen molar-refractivity contribution in [1.29, 1.82) is 0 Å². The van der Waals surface area contributed by atoms with Crippen LogP contribution in [0.4, 0.5) is 0 Å². The number of rotatable bonds is 6. The summed E-state index contributed by atoms with van der Waals surface area (Å²) in [7, 11) is 4.50. The summed E-state index contributed by atoms with van der Waals surface area (Å²) in [4.78, 5) is 16.5. The van der Waals surface area contributed by atoms with Gasteiger partial charge in [-0.15, -0.1) is 0 Å². The van der Waals surface area contributed by atoms with Gasteiger partial charge >= 0.3 is 5.97 Å². The molecule has 0 aliphatic rings. The molecule has 152 valence electrons. The maximum absolute atomic E-state index is 12.0. The Labute approximate surface area is 173 Å². The third-order valence-electron chi connectivity index (χ3n) is 4.83. The first-order valence-electron chi connectivity index (χ1n) is 9.37. The molecule has 7 nitrogen and oxygen atoms in total. The van der Waals surface area contributed by atoms with Crippen molar-refractivity contribution in [3.05, 3.63) is 77.7 Å². The molecular formula is C23H21N3O4. The first kappa shape index (κ1) is 19.4. The molecule has 0 radical (unpaired) electrons. The summed E-state index contributed by atoms with van der Waals surface area (Å²) in [6, 6.07) is 17.2. The van der Waals surface area contributed by atoms with Gasteiger partial charge in [0.15, 0.2) is 5.69 Å². The first-order valence-corrected chi connectivity index (χ1v) is 9.37. The van der Waals surface area contributed by atoms with Gasteiger partial charge in [0.1, 0.15) is 11.5 Å². The molecule has 0 unspecified atom stereocenters. The van der Waals surface area contributed by atoms with E-state index in [1.165, 1.54) is 7.11 Å². The van der Waals surface area contributed by atoms with Crippen molar-refractivity contribution in [3.63, 3.8) is 0 Å². The fourth-order valence-corrected chi connectivity index (χ4v) is 3.36. The Kier molecular flexibility index (Phi) is 5.34. The average Bonchev–Trinajstić information content (AvgIpc) is 3.16. The van der Waals surface area contributed by atoms with E-state index in [4.69, 9.17) is 19.3 Å². The molecule has 7 heteroatoms. The minimum atomic E-state index is -0.511. The van der Waals surface area contributed by atoms with Crippen LogP contribution in [0.1, 0.15) is 21.7 Å². The van der Waals surface area contributed by atoms with Gasteiger partial charge in [-0.2, -0.15) is 5.10 Å². The Bertz CT molecular complexity index is 1200. The number of ether oxygens (including phenoxy) is 3. The number of fused-ring (bicyclic) bond motifs is 1. The number of hydrogen-bond acceptors (Lipinski definition) is 6. The lowest BCUT2D eigenvalue weighted by atomic mass is 10.0. The summed E-state index contributed by atoms with van der Waals surface area (Å²) >= 11 is 0. The topological polar surface area (TPSA) is 75.0 Å². The van der Waals surface area contributed by atoms with Crippen LogP contribution in [0.2, 0.25) is 0 Å². The molecular weight excluding hydrogens is 382 g/mol. The lowest BCUT2D eigenvalue weighted by molar-refractivity contribution is 0.0593. The van der Waals surface area contributed by atoms with Gasteiger partial charge < -0.3 is 14.2 Å². The fourth-order valence-electron chi connectivity index (χ4n) is 3.36. The third kappa shape index (κ3) is 3.69. The zero-order valence-electron chi connectivity index (χ0n) is 17.0. The monoisotopic (exact) mass is 403 g/mol. The van der Waals surface area contributed by atoms with Crippen LogP contribution in [0, 0.1) is 0 Å². The molecule has 0 aliphatic carbocycles. The number of carbonyl (C=O) groups excluding carboxylic acids is 1. The SMILES string of the molecule is COC(=O)c1cc(OC)cc(Cc2c(-c3ccccc3)nn3cc(OC)ccc23)n1. The van der Waals surface area contributed by atoms with Crippen molar-refractivity contribution in [1.82, 2.24) is 14.6 Å². The molecule has 0 saturated carbocycles. The third-order valence-corrected chi connectivity index (χ3v) is 4.83. The van der Waals surface area contributed by atoms with Crippen molar-refractivity contribution in [2.45, 2.75) is 6.42 Å². The van der Waals surface area contributed by atoms with Gasteiger partial charge in [0.05, 0.1) is 38.7 Å². The van der Waals surface area contributed by atoms with Gasteiger partial charge in [-0.1, -0.05) is 30.3 Å². The number of hydrogen-bond donors (Lipinski definition) is 0. The Morgan fingerprint density at radius 3 is 2.43 bits per heavy atom. The number of nitrogens with zero attached hydrogens (tertiary/aromatic N) is 3. The molecule has 0 fully saturated rings. The summed E-state index contributed by atoms with van der Waals surface area (Å²) in [6.45, 7) is 0. The molecule has 0 saturated heterocycles. The van der Waals surface area contributed by atoms with E-state index in [0.29, 0.717) is 23.6 Å². The highest BCUT2D eigenvalue weighted by molar-refractivity contribution is 5.87. The van der Waals surface area contributed by atoms with E-state index in [1.54, 1.807) is 24.8 Å². The van der Waals surface area contributed by atoms with E-state index in [9.17, 15) is 4.79 Å². The zero-order chi connectivity index (χ0) is 21.1. The highest BCUT2D eigenvalue weighted by Crippen LogP contribution is 2.30. The average molecular weight is 403 g/mol. The Morgan fingerprint density at radius 1 is 0.967 bits per heavy atom. The second-order valence-electron chi connectivity index (χ2n) is 6.64. The van der Waals surface area contributed by atoms with Crippen LogP contribution >= 0.6 is 0 Å². The smallest absolute Gasteiger partial charge is 0.356 e. The fraction of sp³-hybridized carbons (Fsp3) is 0.174. The molecule has 0 atom stereocenters. The van der Waals surface area contributed by atoms with Crippen molar-refractivity contribution >= 4 is 11.5 Å². The standard InChI is InChI=1S/C23H21N3O4/c1-28-17-9-10-21-19(22(25-26(21)14-17)15-7-5-4-6-8-15)12-16-11-18(29-2)13-20(24-16)23(27)30-3/h4-11,13-14H,12H2,1-3H3. The van der Waals surface area contributed by atoms with Gasteiger partial charge in [-0.25, -0.2) is 14.3 Å². The maximum atomic E-state index is 12.0. The lowest BCUT2D eigenvalue weighted by Crippen LogP contribution is -2.07. The molecule has 0 amide bonds. The predicted molar refractivity (Wildman–Crippen MR) is 112 cm³/mol. The van der Waals surface area contributed by atoms with Gasteiger partial charge in [0.2, 0.25) is 0 Å². The minimum absolute atomic E-state index is 0.200. The number of esters is 1. The number of pyridine rings is 2. The van der Waals surface area contributed by atoms with E-state index in [2.05, 4.69) is 4.98 Å². The van der Waals surface area contributed by atoms with Crippen molar-refractivity contribution < 1.29 is 19.0 Å². The van der Waals surface area contributed by atoms with E-state index >= 15 is 0 Å². The largest absolute Gasteiger partial charge is 0.497 e. The van der Waals surface area contributed by atoms with Crippen molar-refractivity contribution in [2.75, 3.05) is 21.3 Å². The molecule has 4 aromatic rings. The normalized spacial score (nSPS) is 10.8. The molecule has 3 aromatic heterocycles. The van der Waals surface area contributed by atoms with E-state index < -0.39 is 5.97 Å². The van der Waals surface area contributed by atoms with Crippen molar-refractivity contribution in [2.24, 2.45) is 0 Å². The summed E-state index contributed by atoms with van der Waals surface area (Å²) in [5.41, 5.74) is 4.63. The van der Waals surface area contributed by atoms with Crippen LogP contribution in [-0.4, -0.2) is 41.9 Å². The summed E-state index contributed by atoms with van der Waals surface area (Å²) in [6.07, 6.45) is 2.30. The second kappa shape index (κ2) is 8.24.